The van der Waals surface area contributed by atoms with E-state index in [0.29, 0.717) is 13.1 Å². The van der Waals surface area contributed by atoms with Gasteiger partial charge in [-0.15, -0.1) is 0 Å². The minimum atomic E-state index is -3.89. The molecule has 1 aromatic rings. The molecule has 2 N–H and O–H groups in total. The van der Waals surface area contributed by atoms with Crippen LogP contribution in [-0.4, -0.2) is 66.3 Å². The van der Waals surface area contributed by atoms with E-state index in [1.165, 1.54) is 7.05 Å². The minimum Gasteiger partial charge on any atom is -0.477 e. The minimum absolute atomic E-state index is 0.170. The number of likely N-dealkylation sites (tertiary alicyclic amines) is 1. The summed E-state index contributed by atoms with van der Waals surface area (Å²) < 4.78 is 25.5. The molecule has 1 amide bonds. The van der Waals surface area contributed by atoms with Crippen LogP contribution in [-0.2, 0) is 14.8 Å². The second-order valence-electron chi connectivity index (χ2n) is 4.90. The number of sulfonamides is 1. The molecule has 0 atom stereocenters. The van der Waals surface area contributed by atoms with Crippen LogP contribution in [0.4, 0.5) is 0 Å². The van der Waals surface area contributed by atoms with Gasteiger partial charge >= 0.3 is 5.97 Å². The number of rotatable bonds is 5. The molecule has 116 valence electrons. The van der Waals surface area contributed by atoms with Crippen molar-refractivity contribution in [1.29, 1.82) is 0 Å². The first-order chi connectivity index (χ1) is 9.82. The number of amides is 1. The molecule has 0 spiro atoms. The van der Waals surface area contributed by atoms with Crippen molar-refractivity contribution in [3.05, 3.63) is 18.0 Å². The Kier molecular flexibility index (Phi) is 4.33. The van der Waals surface area contributed by atoms with Gasteiger partial charge in [-0.1, -0.05) is 0 Å². The molecule has 2 rings (SSSR count). The van der Waals surface area contributed by atoms with Gasteiger partial charge in [0.05, 0.1) is 6.54 Å². The number of aromatic carboxylic acids is 1. The fourth-order valence-electron chi connectivity index (χ4n) is 2.17. The van der Waals surface area contributed by atoms with E-state index in [1.807, 2.05) is 0 Å². The predicted octanol–water partition coefficient (Wildman–Crippen LogP) is -0.0442. The van der Waals surface area contributed by atoms with Crippen molar-refractivity contribution in [3.8, 4) is 0 Å². The summed E-state index contributed by atoms with van der Waals surface area (Å²) in [5.74, 6) is -1.49. The highest BCUT2D eigenvalue weighted by Gasteiger charge is 2.27. The Bertz CT molecular complexity index is 646. The standard InChI is InChI=1S/C12H17N3O5S/c1-14(8-11(16)15-4-2-3-5-15)21(19,20)9-6-10(12(17)18)13-7-9/h6-7,13H,2-5,8H2,1H3,(H,17,18). The average Bonchev–Trinajstić information content (AvgIpc) is 3.10. The van der Waals surface area contributed by atoms with Crippen molar-refractivity contribution in [2.75, 3.05) is 26.7 Å². The number of hydrogen-bond donors (Lipinski definition) is 2. The molecule has 0 radical (unpaired) electrons. The molecular weight excluding hydrogens is 298 g/mol. The molecule has 1 fully saturated rings. The first-order valence-electron chi connectivity index (χ1n) is 6.48. The molecule has 0 bridgehead atoms. The third-order valence-electron chi connectivity index (χ3n) is 3.41. The van der Waals surface area contributed by atoms with Gasteiger partial charge < -0.3 is 15.0 Å². The van der Waals surface area contributed by atoms with Crippen LogP contribution in [0.25, 0.3) is 0 Å². The lowest BCUT2D eigenvalue weighted by atomic mass is 10.4. The molecule has 0 unspecified atom stereocenters. The zero-order valence-corrected chi connectivity index (χ0v) is 12.4. The van der Waals surface area contributed by atoms with E-state index < -0.39 is 16.0 Å². The largest absolute Gasteiger partial charge is 0.477 e. The zero-order valence-electron chi connectivity index (χ0n) is 11.6. The van der Waals surface area contributed by atoms with Crippen LogP contribution >= 0.6 is 0 Å². The van der Waals surface area contributed by atoms with E-state index in [1.54, 1.807) is 4.90 Å². The molecule has 2 heterocycles. The number of H-pyrrole nitrogens is 1. The van der Waals surface area contributed by atoms with Gasteiger partial charge in [0.15, 0.2) is 0 Å². The highest BCUT2D eigenvalue weighted by Crippen LogP contribution is 2.16. The molecule has 21 heavy (non-hydrogen) atoms. The summed E-state index contributed by atoms with van der Waals surface area (Å²) in [5, 5.41) is 8.79. The lowest BCUT2D eigenvalue weighted by Gasteiger charge is -2.20. The number of aromatic amines is 1. The molecular formula is C12H17N3O5S. The quantitative estimate of drug-likeness (QED) is 0.792. The molecule has 0 aromatic carbocycles. The number of aromatic nitrogens is 1. The van der Waals surface area contributed by atoms with E-state index in [2.05, 4.69) is 4.98 Å². The van der Waals surface area contributed by atoms with E-state index >= 15 is 0 Å². The van der Waals surface area contributed by atoms with Gasteiger partial charge in [0.1, 0.15) is 10.6 Å². The van der Waals surface area contributed by atoms with Crippen molar-refractivity contribution >= 4 is 21.9 Å². The topological polar surface area (TPSA) is 111 Å². The number of carboxylic acids is 1. The Morgan fingerprint density at radius 1 is 1.38 bits per heavy atom. The van der Waals surface area contributed by atoms with Crippen LogP contribution in [0.2, 0.25) is 0 Å². The van der Waals surface area contributed by atoms with E-state index in [0.717, 1.165) is 29.4 Å². The van der Waals surface area contributed by atoms with Crippen LogP contribution in [0.5, 0.6) is 0 Å². The Balaban J connectivity index is 2.10. The summed E-state index contributed by atoms with van der Waals surface area (Å²) in [6.45, 7) is 1.05. The molecule has 1 aromatic heterocycles. The van der Waals surface area contributed by atoms with E-state index in [4.69, 9.17) is 5.11 Å². The summed E-state index contributed by atoms with van der Waals surface area (Å²) in [6, 6.07) is 1.04. The summed E-state index contributed by atoms with van der Waals surface area (Å²) >= 11 is 0. The summed E-state index contributed by atoms with van der Waals surface area (Å²) in [7, 11) is -2.58. The molecule has 0 saturated carbocycles. The highest BCUT2D eigenvalue weighted by atomic mass is 32.2. The third kappa shape index (κ3) is 3.24. The Hall–Kier alpha value is -1.87. The van der Waals surface area contributed by atoms with E-state index in [9.17, 15) is 18.0 Å². The summed E-state index contributed by atoms with van der Waals surface area (Å²) in [4.78, 5) is 26.6. The second kappa shape index (κ2) is 5.86. The molecule has 9 heteroatoms. The number of carbonyl (C=O) groups is 2. The Labute approximate surface area is 122 Å². The van der Waals surface area contributed by atoms with Gasteiger partial charge in [0, 0.05) is 26.3 Å². The van der Waals surface area contributed by atoms with Gasteiger partial charge in [-0.2, -0.15) is 4.31 Å². The van der Waals surface area contributed by atoms with Gasteiger partial charge in [-0.3, -0.25) is 4.79 Å². The van der Waals surface area contributed by atoms with Crippen molar-refractivity contribution in [3.63, 3.8) is 0 Å². The number of carboxylic acid groups (broad SMARTS) is 1. The highest BCUT2D eigenvalue weighted by molar-refractivity contribution is 7.89. The first-order valence-corrected chi connectivity index (χ1v) is 7.92. The van der Waals surface area contributed by atoms with Gasteiger partial charge in [-0.05, 0) is 18.9 Å². The number of nitrogens with zero attached hydrogens (tertiary/aromatic N) is 2. The Morgan fingerprint density at radius 3 is 2.52 bits per heavy atom. The number of nitrogens with one attached hydrogen (secondary N) is 1. The molecule has 1 aliphatic heterocycles. The molecule has 0 aliphatic carbocycles. The van der Waals surface area contributed by atoms with Crippen LogP contribution in [0.15, 0.2) is 17.2 Å². The van der Waals surface area contributed by atoms with Crippen LogP contribution < -0.4 is 0 Å². The maximum atomic E-state index is 12.3. The lowest BCUT2D eigenvalue weighted by Crippen LogP contribution is -2.39. The molecule has 1 aliphatic rings. The van der Waals surface area contributed by atoms with Crippen molar-refractivity contribution < 1.29 is 23.1 Å². The number of likely N-dealkylation sites (N-methyl/N-ethyl adjacent to an activating group) is 1. The normalized spacial score (nSPS) is 15.6. The Morgan fingerprint density at radius 2 is 2.00 bits per heavy atom. The van der Waals surface area contributed by atoms with Gasteiger partial charge in [0.2, 0.25) is 15.9 Å². The fourth-order valence-corrected chi connectivity index (χ4v) is 3.28. The van der Waals surface area contributed by atoms with Crippen molar-refractivity contribution in [2.24, 2.45) is 0 Å². The maximum absolute atomic E-state index is 12.3. The SMILES string of the molecule is CN(CC(=O)N1CCCC1)S(=O)(=O)c1c[nH]c(C(=O)O)c1. The van der Waals surface area contributed by atoms with Crippen molar-refractivity contribution in [2.45, 2.75) is 17.7 Å². The number of hydrogen-bond acceptors (Lipinski definition) is 4. The predicted molar refractivity (Wildman–Crippen MR) is 73.4 cm³/mol. The first kappa shape index (κ1) is 15.5. The van der Waals surface area contributed by atoms with Crippen LogP contribution in [0.3, 0.4) is 0 Å². The lowest BCUT2D eigenvalue weighted by molar-refractivity contribution is -0.130. The summed E-state index contributed by atoms with van der Waals surface area (Å²) in [6.07, 6.45) is 2.97. The molecule has 8 nitrogen and oxygen atoms in total. The third-order valence-corrected chi connectivity index (χ3v) is 5.19. The van der Waals surface area contributed by atoms with E-state index in [-0.39, 0.29) is 23.0 Å². The second-order valence-corrected chi connectivity index (χ2v) is 6.95. The average molecular weight is 315 g/mol. The van der Waals surface area contributed by atoms with Gasteiger partial charge in [-0.25, -0.2) is 13.2 Å². The van der Waals surface area contributed by atoms with Crippen LogP contribution in [0.1, 0.15) is 23.3 Å². The summed E-state index contributed by atoms with van der Waals surface area (Å²) in [5.41, 5.74) is -0.215. The van der Waals surface area contributed by atoms with Crippen LogP contribution in [0, 0.1) is 0 Å². The smallest absolute Gasteiger partial charge is 0.352 e. The molecule has 1 saturated heterocycles. The maximum Gasteiger partial charge on any atom is 0.352 e. The van der Waals surface area contributed by atoms with Crippen molar-refractivity contribution in [1.82, 2.24) is 14.2 Å². The van der Waals surface area contributed by atoms with Gasteiger partial charge in [0.25, 0.3) is 0 Å². The monoisotopic (exact) mass is 315 g/mol. The fraction of sp³-hybridized carbons (Fsp3) is 0.500. The number of carbonyl (C=O) groups excluding carboxylic acids is 1. The zero-order chi connectivity index (χ0) is 15.6.